The van der Waals surface area contributed by atoms with Gasteiger partial charge < -0.3 is 17.2 Å². The van der Waals surface area contributed by atoms with Gasteiger partial charge in [0.15, 0.2) is 5.96 Å². The number of carboxylic acid groups (broad SMARTS) is 1. The molecule has 0 saturated carbocycles. The Morgan fingerprint density at radius 1 is 1.53 bits per heavy atom. The van der Waals surface area contributed by atoms with Gasteiger partial charge in [0.05, 0.1) is 0 Å². The Morgan fingerprint density at radius 2 is 1.80 bits per heavy atom. The van der Waals surface area contributed by atoms with Gasteiger partial charge in [-0.15, -0.1) is 0 Å². The summed E-state index contributed by atoms with van der Waals surface area (Å²) in [4.78, 5) is 11.0. The summed E-state index contributed by atoms with van der Waals surface area (Å²) in [5.74, 6) is -1.23. The molecule has 0 bridgehead atoms. The number of carbonyl (C=O) groups is 1. The molecule has 6 N–H and O–H groups in total. The third-order valence-electron chi connectivity index (χ3n) is 0.784. The zero-order valence-corrected chi connectivity index (χ0v) is 11.0. The van der Waals surface area contributed by atoms with Crippen LogP contribution in [0.3, 0.4) is 0 Å². The minimum absolute atomic E-state index is 0. The summed E-state index contributed by atoms with van der Waals surface area (Å²) in [6.07, 6.45) is 0. The Balaban J connectivity index is -0.0000000904. The van der Waals surface area contributed by atoms with Crippen molar-refractivity contribution in [3.05, 3.63) is 0 Å². The molecule has 0 saturated heterocycles. The average Bonchev–Trinajstić information content (AvgIpc) is 1.80. The van der Waals surface area contributed by atoms with Crippen molar-refractivity contribution in [2.24, 2.45) is 5.73 Å². The van der Waals surface area contributed by atoms with Crippen LogP contribution in [0.4, 0.5) is 0 Å². The molecule has 0 amide bonds. The zero-order valence-electron chi connectivity index (χ0n) is 9.21. The monoisotopic (exact) mass is 253 g/mol. The molecular formula is C4H12N3NaO6S. The second-order valence-electron chi connectivity index (χ2n) is 2.08. The van der Waals surface area contributed by atoms with Crippen LogP contribution < -0.4 is 35.3 Å². The maximum atomic E-state index is 9.92. The van der Waals surface area contributed by atoms with Crippen LogP contribution in [0.2, 0.25) is 0 Å². The van der Waals surface area contributed by atoms with Crippen molar-refractivity contribution >= 4 is 22.3 Å². The molecule has 0 aromatic rings. The predicted octanol–water partition coefficient (Wildman–Crippen LogP) is -4.64. The number of likely N-dealkylation sites (N-methyl/N-ethyl adjacent to an activating group) is 1. The molecule has 0 spiro atoms. The first-order chi connectivity index (χ1) is 6.04. The van der Waals surface area contributed by atoms with Crippen molar-refractivity contribution < 1.29 is 58.4 Å². The number of carboxylic acids is 1. The smallest absolute Gasteiger partial charge is 1.00 e. The van der Waals surface area contributed by atoms with Gasteiger partial charge in [-0.25, -0.2) is 0 Å². The van der Waals surface area contributed by atoms with E-state index in [9.17, 15) is 4.79 Å². The molecule has 0 aromatic heterocycles. The van der Waals surface area contributed by atoms with Gasteiger partial charge in [-0.1, -0.05) is 0 Å². The summed E-state index contributed by atoms with van der Waals surface area (Å²) in [5.41, 5.74) is 4.93. The number of nitrogens with two attached hydrogens (primary N) is 1. The minimum Gasteiger partial charge on any atom is -1.00 e. The number of nitrogens with one attached hydrogen (secondary N) is 1. The molecule has 0 aliphatic heterocycles. The topological polar surface area (TPSA) is 165 Å². The quantitative estimate of drug-likeness (QED) is 0.142. The van der Waals surface area contributed by atoms with Crippen LogP contribution in [0.15, 0.2) is 0 Å². The Kier molecular flexibility index (Phi) is 11.9. The van der Waals surface area contributed by atoms with Crippen molar-refractivity contribution in [2.75, 3.05) is 13.6 Å². The van der Waals surface area contributed by atoms with E-state index >= 15 is 0 Å². The van der Waals surface area contributed by atoms with E-state index in [1.165, 1.54) is 7.05 Å². The van der Waals surface area contributed by atoms with Gasteiger partial charge in [0, 0.05) is 7.05 Å². The molecular weight excluding hydrogens is 241 g/mol. The fraction of sp³-hybridized carbons (Fsp3) is 0.500. The van der Waals surface area contributed by atoms with Gasteiger partial charge >= 0.3 is 45.9 Å². The fourth-order valence-electron chi connectivity index (χ4n) is 0.288. The zero-order chi connectivity index (χ0) is 11.9. The van der Waals surface area contributed by atoms with Crippen molar-refractivity contribution in [3.8, 4) is 0 Å². The van der Waals surface area contributed by atoms with E-state index in [-0.39, 0.29) is 43.5 Å². The minimum atomic E-state index is -4.67. The summed E-state index contributed by atoms with van der Waals surface area (Å²) in [6.45, 7) is -0.227. The number of nitrogens with zero attached hydrogens (tertiary/aromatic N) is 1. The third-order valence-corrected chi connectivity index (χ3v) is 0.784. The fourth-order valence-corrected chi connectivity index (χ4v) is 0.288. The van der Waals surface area contributed by atoms with Gasteiger partial charge in [0.25, 0.3) is 0 Å². The first-order valence-corrected chi connectivity index (χ1v) is 4.40. The van der Waals surface area contributed by atoms with Crippen LogP contribution in [0.25, 0.3) is 0 Å². The first kappa shape index (κ1) is 20.1. The van der Waals surface area contributed by atoms with Crippen LogP contribution in [0.1, 0.15) is 1.43 Å². The first-order valence-electron chi connectivity index (χ1n) is 3.01. The summed E-state index contributed by atoms with van der Waals surface area (Å²) < 4.78 is 31.6. The Hall–Kier alpha value is -0.390. The Bertz CT molecular complexity index is 301. The van der Waals surface area contributed by atoms with E-state index < -0.39 is 16.4 Å². The van der Waals surface area contributed by atoms with Crippen molar-refractivity contribution in [2.45, 2.75) is 0 Å². The molecule has 0 aliphatic rings. The maximum Gasteiger partial charge on any atom is 1.00 e. The van der Waals surface area contributed by atoms with Crippen molar-refractivity contribution in [3.63, 3.8) is 0 Å². The average molecular weight is 253 g/mol. The molecule has 0 unspecified atom stereocenters. The van der Waals surface area contributed by atoms with Crippen LogP contribution in [0.5, 0.6) is 0 Å². The molecule has 11 heteroatoms. The molecule has 0 fully saturated rings. The molecule has 0 aliphatic carbocycles. The van der Waals surface area contributed by atoms with Crippen LogP contribution in [0, 0.1) is 5.41 Å². The van der Waals surface area contributed by atoms with Crippen molar-refractivity contribution in [1.29, 1.82) is 5.41 Å². The Morgan fingerprint density at radius 3 is 1.87 bits per heavy atom. The normalized spacial score (nSPS) is 9.00. The van der Waals surface area contributed by atoms with Crippen molar-refractivity contribution in [1.82, 2.24) is 4.90 Å². The molecule has 9 nitrogen and oxygen atoms in total. The summed E-state index contributed by atoms with van der Waals surface area (Å²) in [5, 5.41) is 14.9. The maximum absolute atomic E-state index is 9.92. The Labute approximate surface area is 110 Å². The van der Waals surface area contributed by atoms with Gasteiger partial charge in [0.2, 0.25) is 0 Å². The SMILES string of the molecule is CN(CC(=O)O)C(=N)N.O=S(=O)(O)O.[H-].[Na+]. The predicted molar refractivity (Wildman–Crippen MR) is 47.5 cm³/mol. The molecule has 86 valence electrons. The molecule has 0 radical (unpaired) electrons. The molecule has 0 aromatic carbocycles. The number of rotatable bonds is 2. The van der Waals surface area contributed by atoms with E-state index in [1.807, 2.05) is 0 Å². The number of guanidine groups is 1. The van der Waals surface area contributed by atoms with E-state index in [2.05, 4.69) is 0 Å². The van der Waals surface area contributed by atoms with E-state index in [0.717, 1.165) is 4.90 Å². The van der Waals surface area contributed by atoms with E-state index in [0.29, 0.717) is 0 Å². The van der Waals surface area contributed by atoms with Crippen LogP contribution in [-0.4, -0.2) is 53.1 Å². The third kappa shape index (κ3) is 31.7. The number of hydrogen-bond donors (Lipinski definition) is 5. The van der Waals surface area contributed by atoms with E-state index in [1.54, 1.807) is 0 Å². The van der Waals surface area contributed by atoms with Gasteiger partial charge in [0.1, 0.15) is 6.54 Å². The molecule has 0 heterocycles. The summed E-state index contributed by atoms with van der Waals surface area (Å²) >= 11 is 0. The summed E-state index contributed by atoms with van der Waals surface area (Å²) in [7, 11) is -3.23. The van der Waals surface area contributed by atoms with Crippen LogP contribution in [-0.2, 0) is 15.2 Å². The van der Waals surface area contributed by atoms with Gasteiger partial charge in [-0.05, 0) is 0 Å². The molecule has 15 heavy (non-hydrogen) atoms. The van der Waals surface area contributed by atoms with Crippen LogP contribution >= 0.6 is 0 Å². The second-order valence-corrected chi connectivity index (χ2v) is 2.98. The summed E-state index contributed by atoms with van der Waals surface area (Å²) in [6, 6.07) is 0. The van der Waals surface area contributed by atoms with E-state index in [4.69, 9.17) is 33.8 Å². The molecule has 0 rings (SSSR count). The largest absolute Gasteiger partial charge is 1.00 e. The number of hydrogen-bond acceptors (Lipinski definition) is 4. The van der Waals surface area contributed by atoms with Gasteiger partial charge in [-0.2, -0.15) is 8.42 Å². The second kappa shape index (κ2) is 8.88. The standard InChI is InChI=1S/C4H9N3O2.Na.H2O4S.H/c1-7(4(5)6)2-3(8)9;;1-5(2,3)4;/h2H2,1H3,(H3,5,6)(H,8,9);;(H2,1,2,3,4);/q;+1;;-1. The number of aliphatic carboxylic acids is 1. The molecule has 0 atom stereocenters. The van der Waals surface area contributed by atoms with Gasteiger partial charge in [-0.3, -0.25) is 19.3 Å².